The lowest BCUT2D eigenvalue weighted by atomic mass is 10.2. The van der Waals surface area contributed by atoms with Gasteiger partial charge in [-0.05, 0) is 26.3 Å². The predicted octanol–water partition coefficient (Wildman–Crippen LogP) is 2.47. The van der Waals surface area contributed by atoms with Gasteiger partial charge < -0.3 is 10.5 Å². The summed E-state index contributed by atoms with van der Waals surface area (Å²) in [6.45, 7) is 5.97. The largest absolute Gasteiger partial charge is 0.456 e. The van der Waals surface area contributed by atoms with E-state index in [4.69, 9.17) is 10.5 Å². The average molecular weight is 273 g/mol. The van der Waals surface area contributed by atoms with Crippen molar-refractivity contribution in [1.82, 2.24) is 9.78 Å². The first-order valence-corrected chi connectivity index (χ1v) is 6.45. The van der Waals surface area contributed by atoms with Crippen molar-refractivity contribution in [1.29, 1.82) is 0 Å². The molecule has 0 fully saturated rings. The number of nitrogens with zero attached hydrogens (tertiary/aromatic N) is 2. The summed E-state index contributed by atoms with van der Waals surface area (Å²) < 4.78 is 6.89. The molecule has 0 bridgehead atoms. The maximum Gasteiger partial charge on any atom is 0.344 e. The van der Waals surface area contributed by atoms with Crippen molar-refractivity contribution < 1.29 is 9.53 Å². The van der Waals surface area contributed by atoms with Crippen molar-refractivity contribution in [3.05, 3.63) is 47.7 Å². The SMILES string of the molecule is CC(C)(C)OC(=O)c1cnn(Cc2ccccc2)c1N. The molecule has 5 heteroatoms. The lowest BCUT2D eigenvalue weighted by molar-refractivity contribution is 0.00707. The second kappa shape index (κ2) is 5.36. The molecule has 1 heterocycles. The zero-order chi connectivity index (χ0) is 14.8. The van der Waals surface area contributed by atoms with Crippen molar-refractivity contribution in [2.45, 2.75) is 32.9 Å². The Morgan fingerprint density at radius 3 is 2.55 bits per heavy atom. The predicted molar refractivity (Wildman–Crippen MR) is 77.4 cm³/mol. The molecule has 0 spiro atoms. The Kier molecular flexibility index (Phi) is 3.79. The van der Waals surface area contributed by atoms with Gasteiger partial charge in [0.25, 0.3) is 0 Å². The molecule has 2 N–H and O–H groups in total. The highest BCUT2D eigenvalue weighted by Crippen LogP contribution is 2.18. The Labute approximate surface area is 118 Å². The number of esters is 1. The topological polar surface area (TPSA) is 70.1 Å². The van der Waals surface area contributed by atoms with Gasteiger partial charge in [-0.15, -0.1) is 0 Å². The minimum atomic E-state index is -0.551. The summed E-state index contributed by atoms with van der Waals surface area (Å²) >= 11 is 0. The van der Waals surface area contributed by atoms with E-state index in [1.807, 2.05) is 51.1 Å². The number of carbonyl (C=O) groups is 1. The highest BCUT2D eigenvalue weighted by atomic mass is 16.6. The molecule has 20 heavy (non-hydrogen) atoms. The number of ether oxygens (including phenoxy) is 1. The van der Waals surface area contributed by atoms with Crippen molar-refractivity contribution in [3.8, 4) is 0 Å². The third-order valence-corrected chi connectivity index (χ3v) is 2.67. The van der Waals surface area contributed by atoms with Gasteiger partial charge in [0.05, 0.1) is 12.7 Å². The summed E-state index contributed by atoms with van der Waals surface area (Å²) in [5.41, 5.74) is 6.79. The molecule has 2 rings (SSSR count). The molecule has 0 aliphatic heterocycles. The van der Waals surface area contributed by atoms with Crippen molar-refractivity contribution in [3.63, 3.8) is 0 Å². The first kappa shape index (κ1) is 14.1. The summed E-state index contributed by atoms with van der Waals surface area (Å²) in [6, 6.07) is 9.80. The number of anilines is 1. The highest BCUT2D eigenvalue weighted by Gasteiger charge is 2.22. The van der Waals surface area contributed by atoms with E-state index in [1.54, 1.807) is 4.68 Å². The summed E-state index contributed by atoms with van der Waals surface area (Å²) in [7, 11) is 0. The smallest absolute Gasteiger partial charge is 0.344 e. The zero-order valence-electron chi connectivity index (χ0n) is 12.0. The van der Waals surface area contributed by atoms with E-state index >= 15 is 0 Å². The van der Waals surface area contributed by atoms with Crippen LogP contribution in [-0.4, -0.2) is 21.4 Å². The molecule has 0 aliphatic carbocycles. The molecule has 0 saturated heterocycles. The third-order valence-electron chi connectivity index (χ3n) is 2.67. The van der Waals surface area contributed by atoms with Gasteiger partial charge in [0.15, 0.2) is 0 Å². The van der Waals surface area contributed by atoms with E-state index in [0.717, 1.165) is 5.56 Å². The fraction of sp³-hybridized carbons (Fsp3) is 0.333. The normalized spacial score (nSPS) is 11.3. The van der Waals surface area contributed by atoms with Crippen LogP contribution >= 0.6 is 0 Å². The molecular weight excluding hydrogens is 254 g/mol. The maximum absolute atomic E-state index is 12.0. The quantitative estimate of drug-likeness (QED) is 0.872. The summed E-state index contributed by atoms with van der Waals surface area (Å²) in [5.74, 6) is -0.127. The number of aromatic nitrogens is 2. The second-order valence-electron chi connectivity index (χ2n) is 5.59. The van der Waals surface area contributed by atoms with Gasteiger partial charge in [0.2, 0.25) is 0 Å². The van der Waals surface area contributed by atoms with Crippen LogP contribution in [-0.2, 0) is 11.3 Å². The van der Waals surface area contributed by atoms with Gasteiger partial charge in [-0.25, -0.2) is 9.48 Å². The summed E-state index contributed by atoms with van der Waals surface area (Å²) in [4.78, 5) is 12.0. The van der Waals surface area contributed by atoms with Gasteiger partial charge in [-0.2, -0.15) is 5.10 Å². The van der Waals surface area contributed by atoms with Crippen LogP contribution in [0.4, 0.5) is 5.82 Å². The minimum Gasteiger partial charge on any atom is -0.456 e. The Morgan fingerprint density at radius 1 is 1.30 bits per heavy atom. The van der Waals surface area contributed by atoms with Crippen LogP contribution in [0, 0.1) is 0 Å². The van der Waals surface area contributed by atoms with Crippen LogP contribution < -0.4 is 5.73 Å². The molecule has 106 valence electrons. The monoisotopic (exact) mass is 273 g/mol. The van der Waals surface area contributed by atoms with Gasteiger partial charge in [-0.1, -0.05) is 30.3 Å². The average Bonchev–Trinajstić information content (AvgIpc) is 2.70. The molecule has 0 unspecified atom stereocenters. The van der Waals surface area contributed by atoms with Crippen LogP contribution in [0.5, 0.6) is 0 Å². The standard InChI is InChI=1S/C15H19N3O2/c1-15(2,3)20-14(19)12-9-17-18(13(12)16)10-11-7-5-4-6-8-11/h4-9H,10,16H2,1-3H3. The highest BCUT2D eigenvalue weighted by molar-refractivity contribution is 5.94. The number of rotatable bonds is 3. The van der Waals surface area contributed by atoms with E-state index in [0.29, 0.717) is 17.9 Å². The first-order chi connectivity index (χ1) is 9.37. The fourth-order valence-electron chi connectivity index (χ4n) is 1.77. The minimum absolute atomic E-state index is 0.302. The molecule has 0 amide bonds. The lowest BCUT2D eigenvalue weighted by Gasteiger charge is -2.19. The number of nitrogens with two attached hydrogens (primary N) is 1. The van der Waals surface area contributed by atoms with E-state index in [9.17, 15) is 4.79 Å². The van der Waals surface area contributed by atoms with Crippen molar-refractivity contribution in [2.75, 3.05) is 5.73 Å². The van der Waals surface area contributed by atoms with Crippen LogP contribution in [0.25, 0.3) is 0 Å². The fourth-order valence-corrected chi connectivity index (χ4v) is 1.77. The number of nitrogen functional groups attached to an aromatic ring is 1. The molecular formula is C15H19N3O2. The molecule has 1 aromatic carbocycles. The number of benzene rings is 1. The summed E-state index contributed by atoms with van der Waals surface area (Å²) in [5, 5.41) is 4.15. The molecule has 2 aromatic rings. The molecule has 5 nitrogen and oxygen atoms in total. The Balaban J connectivity index is 2.17. The van der Waals surface area contributed by atoms with Crippen LogP contribution in [0.3, 0.4) is 0 Å². The van der Waals surface area contributed by atoms with E-state index in [1.165, 1.54) is 6.20 Å². The van der Waals surface area contributed by atoms with Crippen molar-refractivity contribution in [2.24, 2.45) is 0 Å². The van der Waals surface area contributed by atoms with Crippen LogP contribution in [0.15, 0.2) is 36.5 Å². The number of hydrogen-bond acceptors (Lipinski definition) is 4. The van der Waals surface area contributed by atoms with E-state index in [2.05, 4.69) is 5.10 Å². The Hall–Kier alpha value is -2.30. The Morgan fingerprint density at radius 2 is 1.95 bits per heavy atom. The van der Waals surface area contributed by atoms with Gasteiger partial charge in [-0.3, -0.25) is 0 Å². The van der Waals surface area contributed by atoms with Crippen molar-refractivity contribution >= 4 is 11.8 Å². The van der Waals surface area contributed by atoms with E-state index in [-0.39, 0.29) is 0 Å². The molecule has 0 atom stereocenters. The van der Waals surface area contributed by atoms with E-state index < -0.39 is 11.6 Å². The Bertz CT molecular complexity index is 597. The molecule has 0 radical (unpaired) electrons. The third kappa shape index (κ3) is 3.38. The van der Waals surface area contributed by atoms with Crippen LogP contribution in [0.1, 0.15) is 36.7 Å². The lowest BCUT2D eigenvalue weighted by Crippen LogP contribution is -2.24. The number of hydrogen-bond donors (Lipinski definition) is 1. The second-order valence-corrected chi connectivity index (χ2v) is 5.59. The molecule has 0 aliphatic rings. The van der Waals surface area contributed by atoms with Gasteiger partial charge in [0, 0.05) is 0 Å². The zero-order valence-corrected chi connectivity index (χ0v) is 12.0. The molecule has 1 aromatic heterocycles. The number of carbonyl (C=O) groups excluding carboxylic acids is 1. The van der Waals surface area contributed by atoms with Crippen LogP contribution in [0.2, 0.25) is 0 Å². The molecule has 0 saturated carbocycles. The van der Waals surface area contributed by atoms with Gasteiger partial charge in [0.1, 0.15) is 17.0 Å². The maximum atomic E-state index is 12.0. The first-order valence-electron chi connectivity index (χ1n) is 6.45. The summed E-state index contributed by atoms with van der Waals surface area (Å²) in [6.07, 6.45) is 1.45. The van der Waals surface area contributed by atoms with Gasteiger partial charge >= 0.3 is 5.97 Å².